The summed E-state index contributed by atoms with van der Waals surface area (Å²) in [4.78, 5) is 25.6. The number of benzene rings is 3. The van der Waals surface area contributed by atoms with Crippen LogP contribution >= 0.6 is 0 Å². The van der Waals surface area contributed by atoms with Crippen LogP contribution in [0.5, 0.6) is 11.5 Å². The predicted octanol–water partition coefficient (Wildman–Crippen LogP) is 13.7. The van der Waals surface area contributed by atoms with Gasteiger partial charge in [-0.05, 0) is 94.3 Å². The molecule has 1 saturated heterocycles. The first-order valence-electron chi connectivity index (χ1n) is 22.8. The smallest absolute Gasteiger partial charge is 0.305 e. The van der Waals surface area contributed by atoms with Crippen LogP contribution in [0.1, 0.15) is 165 Å². The van der Waals surface area contributed by atoms with Crippen molar-refractivity contribution < 1.29 is 24.5 Å². The molecule has 2 heterocycles. The van der Waals surface area contributed by atoms with Gasteiger partial charge in [0, 0.05) is 12.0 Å². The third-order valence-corrected chi connectivity index (χ3v) is 11.2. The average Bonchev–Trinajstić information content (AvgIpc) is 3.96. The summed E-state index contributed by atoms with van der Waals surface area (Å²) >= 11 is 0. The summed E-state index contributed by atoms with van der Waals surface area (Å²) in [5.41, 5.74) is 5.98. The molecule has 0 amide bonds. The Morgan fingerprint density at radius 3 is 1.42 bits per heavy atom. The van der Waals surface area contributed by atoms with Gasteiger partial charge in [0.2, 0.25) is 0 Å². The van der Waals surface area contributed by atoms with Gasteiger partial charge in [-0.25, -0.2) is 15.0 Å². The minimum Gasteiger partial charge on any atom is -0.507 e. The van der Waals surface area contributed by atoms with Gasteiger partial charge in [0.05, 0.1) is 29.9 Å². The van der Waals surface area contributed by atoms with Crippen molar-refractivity contribution in [2.24, 2.45) is 0 Å². The highest BCUT2D eigenvalue weighted by molar-refractivity contribution is 5.73. The Kier molecular flexibility index (Phi) is 20.9. The second-order valence-corrected chi connectivity index (χ2v) is 16.7. The highest BCUT2D eigenvalue weighted by Gasteiger charge is 2.36. The number of unbranched alkanes of at least 4 members (excludes halogenated alkanes) is 14. The Bertz CT molecular complexity index is 1690. The van der Waals surface area contributed by atoms with Gasteiger partial charge in [0.25, 0.3) is 0 Å². The van der Waals surface area contributed by atoms with Gasteiger partial charge in [-0.2, -0.15) is 0 Å². The van der Waals surface area contributed by atoms with Crippen molar-refractivity contribution in [3.05, 3.63) is 76.9 Å². The molecule has 8 nitrogen and oxygen atoms in total. The minimum atomic E-state index is 0.00229. The zero-order chi connectivity index (χ0) is 42.4. The van der Waals surface area contributed by atoms with Crippen LogP contribution in [0.3, 0.4) is 0 Å². The number of hydrogen-bond donors (Lipinski definition) is 2. The standard InChI is InChI=1S/C26H50O3.C25H23N3O2/c1-3-5-7-9-12-16-20-24-25(29-24)21-17-13-11-14-18-22-26(27)28-23-19-15-10-8-6-4-2;1-14-5-8-18(17(4)11-14)23-26-24(19-9-6-15(2)12-21(19)29)28-25(27-23)20-10-7-16(3)13-22(20)30/h24-25H,3-23H2,1-2H3;5-13,29-30H,1-4H3. The van der Waals surface area contributed by atoms with Gasteiger partial charge in [0.15, 0.2) is 17.5 Å². The molecule has 1 aliphatic heterocycles. The van der Waals surface area contributed by atoms with Crippen LogP contribution in [0.15, 0.2) is 54.6 Å². The maximum absolute atomic E-state index is 11.7. The number of carbonyl (C=O) groups is 1. The van der Waals surface area contributed by atoms with E-state index >= 15 is 0 Å². The second-order valence-electron chi connectivity index (χ2n) is 16.7. The second kappa shape index (κ2) is 26.0. The van der Waals surface area contributed by atoms with Crippen molar-refractivity contribution in [1.82, 2.24) is 15.0 Å². The summed E-state index contributed by atoms with van der Waals surface area (Å²) in [6.45, 7) is 13.0. The van der Waals surface area contributed by atoms with E-state index in [-0.39, 0.29) is 17.5 Å². The van der Waals surface area contributed by atoms with E-state index in [1.165, 1.54) is 103 Å². The summed E-state index contributed by atoms with van der Waals surface area (Å²) in [5.74, 6) is 1.41. The number of aromatic hydroxyl groups is 2. The highest BCUT2D eigenvalue weighted by atomic mass is 16.6. The zero-order valence-corrected chi connectivity index (χ0v) is 37.2. The van der Waals surface area contributed by atoms with E-state index < -0.39 is 0 Å². The molecule has 0 spiro atoms. The summed E-state index contributed by atoms with van der Waals surface area (Å²) in [6, 6.07) is 16.8. The van der Waals surface area contributed by atoms with Gasteiger partial charge in [-0.1, -0.05) is 146 Å². The molecule has 0 radical (unpaired) electrons. The number of hydrogen-bond acceptors (Lipinski definition) is 8. The minimum absolute atomic E-state index is 0.00229. The molecule has 322 valence electrons. The van der Waals surface area contributed by atoms with Crippen LogP contribution in [0.2, 0.25) is 0 Å². The van der Waals surface area contributed by atoms with Crippen LogP contribution in [0.4, 0.5) is 0 Å². The molecule has 0 saturated carbocycles. The Morgan fingerprint density at radius 2 is 0.949 bits per heavy atom. The van der Waals surface area contributed by atoms with E-state index in [0.29, 0.717) is 53.8 Å². The summed E-state index contributed by atoms with van der Waals surface area (Å²) in [7, 11) is 0. The van der Waals surface area contributed by atoms with Gasteiger partial charge in [0.1, 0.15) is 11.5 Å². The molecule has 0 aliphatic carbocycles. The number of phenolic OH excluding ortho intramolecular Hbond substituents is 2. The van der Waals surface area contributed by atoms with Crippen molar-refractivity contribution in [1.29, 1.82) is 0 Å². The topological polar surface area (TPSA) is 118 Å². The van der Waals surface area contributed by atoms with Gasteiger partial charge < -0.3 is 19.7 Å². The summed E-state index contributed by atoms with van der Waals surface area (Å²) < 4.78 is 11.1. The van der Waals surface area contributed by atoms with Crippen LogP contribution in [0.25, 0.3) is 34.2 Å². The molecule has 5 rings (SSSR count). The largest absolute Gasteiger partial charge is 0.507 e. The monoisotopic (exact) mass is 808 g/mol. The van der Waals surface area contributed by atoms with Crippen molar-refractivity contribution in [2.45, 2.75) is 182 Å². The van der Waals surface area contributed by atoms with E-state index in [2.05, 4.69) is 34.9 Å². The van der Waals surface area contributed by atoms with E-state index in [1.54, 1.807) is 24.3 Å². The number of ether oxygens (including phenoxy) is 2. The van der Waals surface area contributed by atoms with Crippen LogP contribution in [0, 0.1) is 27.7 Å². The molecule has 2 N–H and O–H groups in total. The van der Waals surface area contributed by atoms with Gasteiger partial charge in [-0.3, -0.25) is 4.79 Å². The third kappa shape index (κ3) is 17.1. The van der Waals surface area contributed by atoms with Crippen molar-refractivity contribution >= 4 is 5.97 Å². The normalized spacial score (nSPS) is 14.5. The predicted molar refractivity (Wildman–Crippen MR) is 242 cm³/mol. The number of aromatic nitrogens is 3. The lowest BCUT2D eigenvalue weighted by Gasteiger charge is -2.12. The van der Waals surface area contributed by atoms with Crippen LogP contribution in [-0.2, 0) is 14.3 Å². The number of rotatable bonds is 25. The van der Waals surface area contributed by atoms with Gasteiger partial charge >= 0.3 is 5.97 Å². The highest BCUT2D eigenvalue weighted by Crippen LogP contribution is 2.34. The van der Waals surface area contributed by atoms with Crippen molar-refractivity contribution in [3.8, 4) is 45.7 Å². The summed E-state index contributed by atoms with van der Waals surface area (Å²) in [5, 5.41) is 21.0. The molecule has 2 unspecified atom stereocenters. The lowest BCUT2D eigenvalue weighted by Crippen LogP contribution is -2.05. The van der Waals surface area contributed by atoms with Crippen molar-refractivity contribution in [2.75, 3.05) is 6.61 Å². The first kappa shape index (κ1) is 47.4. The fourth-order valence-electron chi connectivity index (χ4n) is 7.56. The SMILES string of the molecule is CCCCCCCCOC(=O)CCCCCCCC1OC1CCCCCCCC.Cc1ccc(-c2nc(-c3ccc(C)cc3O)nc(-c3ccc(C)cc3O)n2)c(C)c1. The maximum atomic E-state index is 11.7. The van der Waals surface area contributed by atoms with E-state index in [9.17, 15) is 15.0 Å². The first-order valence-corrected chi connectivity index (χ1v) is 22.8. The van der Waals surface area contributed by atoms with Crippen LogP contribution < -0.4 is 0 Å². The number of epoxide rings is 1. The van der Waals surface area contributed by atoms with E-state index in [4.69, 9.17) is 9.47 Å². The molecule has 2 atom stereocenters. The molecule has 0 bridgehead atoms. The molecule has 1 aromatic heterocycles. The number of nitrogens with zero attached hydrogens (tertiary/aromatic N) is 3. The molecule has 8 heteroatoms. The number of phenols is 2. The molecule has 59 heavy (non-hydrogen) atoms. The zero-order valence-electron chi connectivity index (χ0n) is 37.2. The molecule has 3 aromatic carbocycles. The summed E-state index contributed by atoms with van der Waals surface area (Å²) in [6.07, 6.45) is 25.8. The number of carbonyl (C=O) groups excluding carboxylic acids is 1. The van der Waals surface area contributed by atoms with E-state index in [1.807, 2.05) is 52.0 Å². The average molecular weight is 808 g/mol. The molecule has 1 aliphatic rings. The molecule has 1 fully saturated rings. The molecular weight excluding hydrogens is 735 g/mol. The van der Waals surface area contributed by atoms with Crippen molar-refractivity contribution in [3.63, 3.8) is 0 Å². The maximum Gasteiger partial charge on any atom is 0.305 e. The fraction of sp³-hybridized carbons (Fsp3) is 0.569. The Hall–Kier alpha value is -4.30. The molecular formula is C51H73N3O5. The van der Waals surface area contributed by atoms with E-state index in [0.717, 1.165) is 47.1 Å². The number of esters is 1. The lowest BCUT2D eigenvalue weighted by atomic mass is 10.0. The third-order valence-electron chi connectivity index (χ3n) is 11.2. The lowest BCUT2D eigenvalue weighted by molar-refractivity contribution is -0.143. The fourth-order valence-corrected chi connectivity index (χ4v) is 7.56. The Morgan fingerprint density at radius 1 is 0.542 bits per heavy atom. The molecule has 4 aromatic rings. The first-order chi connectivity index (χ1) is 28.6. The number of aryl methyl sites for hydroxylation is 4. The van der Waals surface area contributed by atoms with Gasteiger partial charge in [-0.15, -0.1) is 0 Å². The quantitative estimate of drug-likeness (QED) is 0.0386. The Labute approximate surface area is 355 Å². The van der Waals surface area contributed by atoms with Crippen LogP contribution in [-0.4, -0.2) is 49.9 Å². The Balaban J connectivity index is 0.000000261.